The van der Waals surface area contributed by atoms with Crippen LogP contribution < -0.4 is 4.74 Å². The van der Waals surface area contributed by atoms with Gasteiger partial charge >= 0.3 is 0 Å². The quantitative estimate of drug-likeness (QED) is 0.718. The molecule has 0 N–H and O–H groups in total. The van der Waals surface area contributed by atoms with Crippen LogP contribution in [0.3, 0.4) is 0 Å². The van der Waals surface area contributed by atoms with Crippen molar-refractivity contribution in [1.29, 1.82) is 0 Å². The molecule has 0 fully saturated rings. The van der Waals surface area contributed by atoms with Crippen LogP contribution in [0.15, 0.2) is 48.5 Å². The van der Waals surface area contributed by atoms with Gasteiger partial charge in [0.2, 0.25) is 0 Å². The van der Waals surface area contributed by atoms with Crippen molar-refractivity contribution in [3.05, 3.63) is 65.2 Å². The van der Waals surface area contributed by atoms with Crippen molar-refractivity contribution in [2.75, 3.05) is 0 Å². The van der Waals surface area contributed by atoms with E-state index in [1.165, 1.54) is 11.1 Å². The Balaban J connectivity index is 1.77. The van der Waals surface area contributed by atoms with Crippen LogP contribution in [0.1, 0.15) is 21.5 Å². The first-order chi connectivity index (χ1) is 9.33. The summed E-state index contributed by atoms with van der Waals surface area (Å²) in [6.45, 7) is 0. The highest BCUT2D eigenvalue weighted by Gasteiger charge is 2.40. The highest BCUT2D eigenvalue weighted by Crippen LogP contribution is 2.37. The summed E-state index contributed by atoms with van der Waals surface area (Å²) in [5, 5.41) is 0. The van der Waals surface area contributed by atoms with Crippen molar-refractivity contribution in [3.63, 3.8) is 0 Å². The lowest BCUT2D eigenvalue weighted by molar-refractivity contribution is 0.0634. The molecule has 2 atom stereocenters. The molecule has 0 amide bonds. The van der Waals surface area contributed by atoms with Crippen LogP contribution in [-0.4, -0.2) is 11.9 Å². The van der Waals surface area contributed by atoms with Crippen molar-refractivity contribution in [1.82, 2.24) is 0 Å². The summed E-state index contributed by atoms with van der Waals surface area (Å²) in [4.78, 5) is 12.6. The molecule has 0 radical (unpaired) electrons. The lowest BCUT2D eigenvalue weighted by Crippen LogP contribution is -2.43. The van der Waals surface area contributed by atoms with Crippen molar-refractivity contribution in [2.24, 2.45) is 5.92 Å². The normalized spacial score (nSPS) is 23.9. The Hall–Kier alpha value is -2.09. The molecule has 2 nitrogen and oxygen atoms in total. The van der Waals surface area contributed by atoms with Gasteiger partial charge in [0.05, 0.1) is 11.5 Å². The molecule has 2 aromatic rings. The molecular formula is C17H14O2. The molecular weight excluding hydrogens is 236 g/mol. The molecule has 0 saturated carbocycles. The summed E-state index contributed by atoms with van der Waals surface area (Å²) in [6, 6.07) is 15.9. The number of hydrogen-bond donors (Lipinski definition) is 0. The number of benzene rings is 2. The molecule has 19 heavy (non-hydrogen) atoms. The minimum absolute atomic E-state index is 0.00250. The molecule has 2 aliphatic rings. The predicted molar refractivity (Wildman–Crippen MR) is 72.5 cm³/mol. The van der Waals surface area contributed by atoms with Gasteiger partial charge in [0, 0.05) is 6.42 Å². The molecule has 0 aromatic heterocycles. The van der Waals surface area contributed by atoms with Gasteiger partial charge in [0.15, 0.2) is 5.78 Å². The van der Waals surface area contributed by atoms with E-state index in [1.54, 1.807) is 0 Å². The molecule has 1 heterocycles. The number of carbonyl (C=O) groups is 1. The zero-order valence-corrected chi connectivity index (χ0v) is 10.5. The van der Waals surface area contributed by atoms with Gasteiger partial charge in [-0.05, 0) is 29.7 Å². The fourth-order valence-electron chi connectivity index (χ4n) is 3.20. The third-order valence-corrected chi connectivity index (χ3v) is 4.20. The van der Waals surface area contributed by atoms with Gasteiger partial charge in [-0.25, -0.2) is 0 Å². The largest absolute Gasteiger partial charge is 0.489 e. The molecule has 0 saturated heterocycles. The number of Topliss-reactive ketones (excluding diaryl/α,β-unsaturated/α-hetero) is 1. The maximum atomic E-state index is 12.6. The van der Waals surface area contributed by atoms with Crippen LogP contribution in [-0.2, 0) is 12.8 Å². The number of carbonyl (C=O) groups excluding carboxylic acids is 1. The third kappa shape index (κ3) is 1.60. The van der Waals surface area contributed by atoms with E-state index in [2.05, 4.69) is 18.2 Å². The van der Waals surface area contributed by atoms with Crippen LogP contribution in [0.25, 0.3) is 0 Å². The summed E-state index contributed by atoms with van der Waals surface area (Å²) in [6.07, 6.45) is 1.63. The summed E-state index contributed by atoms with van der Waals surface area (Å²) < 4.78 is 6.04. The Kier molecular flexibility index (Phi) is 2.25. The molecule has 94 valence electrons. The molecule has 0 unspecified atom stereocenters. The molecule has 2 heteroatoms. The van der Waals surface area contributed by atoms with Gasteiger partial charge in [0.1, 0.15) is 11.9 Å². The number of ether oxygens (including phenoxy) is 1. The van der Waals surface area contributed by atoms with Gasteiger partial charge < -0.3 is 4.74 Å². The Bertz CT molecular complexity index is 660. The zero-order valence-electron chi connectivity index (χ0n) is 10.5. The van der Waals surface area contributed by atoms with Crippen LogP contribution >= 0.6 is 0 Å². The average molecular weight is 250 g/mol. The highest BCUT2D eigenvalue weighted by atomic mass is 16.5. The second-order valence-electron chi connectivity index (χ2n) is 5.30. The van der Waals surface area contributed by atoms with Crippen molar-refractivity contribution >= 4 is 5.78 Å². The maximum Gasteiger partial charge on any atom is 0.173 e. The Morgan fingerprint density at radius 1 is 0.895 bits per heavy atom. The van der Waals surface area contributed by atoms with E-state index >= 15 is 0 Å². The van der Waals surface area contributed by atoms with Crippen LogP contribution in [0.4, 0.5) is 0 Å². The first-order valence-electron chi connectivity index (χ1n) is 6.69. The minimum Gasteiger partial charge on any atom is -0.489 e. The second-order valence-corrected chi connectivity index (χ2v) is 5.30. The smallest absolute Gasteiger partial charge is 0.173 e. The fourth-order valence-corrected chi connectivity index (χ4v) is 3.20. The van der Waals surface area contributed by atoms with E-state index in [4.69, 9.17) is 4.74 Å². The minimum atomic E-state index is -0.0233. The number of rotatable bonds is 0. The van der Waals surface area contributed by atoms with Crippen molar-refractivity contribution in [3.8, 4) is 5.75 Å². The van der Waals surface area contributed by atoms with E-state index in [0.29, 0.717) is 0 Å². The van der Waals surface area contributed by atoms with Gasteiger partial charge in [-0.1, -0.05) is 36.4 Å². The fraction of sp³-hybridized carbons (Fsp3) is 0.235. The summed E-state index contributed by atoms with van der Waals surface area (Å²) >= 11 is 0. The topological polar surface area (TPSA) is 26.3 Å². The van der Waals surface area contributed by atoms with Crippen molar-refractivity contribution < 1.29 is 9.53 Å². The van der Waals surface area contributed by atoms with Crippen molar-refractivity contribution in [2.45, 2.75) is 18.9 Å². The number of hydrogen-bond acceptors (Lipinski definition) is 2. The first-order valence-corrected chi connectivity index (χ1v) is 6.69. The number of fused-ring (bicyclic) bond motifs is 3. The van der Waals surface area contributed by atoms with E-state index < -0.39 is 0 Å². The van der Waals surface area contributed by atoms with Crippen LogP contribution in [0.5, 0.6) is 5.75 Å². The Morgan fingerprint density at radius 3 is 2.42 bits per heavy atom. The third-order valence-electron chi connectivity index (χ3n) is 4.20. The lowest BCUT2D eigenvalue weighted by Gasteiger charge is -2.36. The standard InChI is InChI=1S/C17H14O2/c18-17-13-7-3-4-8-15(13)19-16-10-12-6-2-1-5-11(12)9-14(16)17/h1-8,14,16H,9-10H2/t14-,16-/m1/s1. The number of ketones is 1. The molecule has 4 rings (SSSR count). The molecule has 2 aromatic carbocycles. The van der Waals surface area contributed by atoms with E-state index in [0.717, 1.165) is 24.2 Å². The summed E-state index contributed by atoms with van der Waals surface area (Å²) in [5.74, 6) is 0.958. The summed E-state index contributed by atoms with van der Waals surface area (Å²) in [5.41, 5.74) is 3.35. The summed E-state index contributed by atoms with van der Waals surface area (Å²) in [7, 11) is 0. The molecule has 1 aliphatic carbocycles. The van der Waals surface area contributed by atoms with E-state index in [9.17, 15) is 4.79 Å². The Morgan fingerprint density at radius 2 is 1.58 bits per heavy atom. The highest BCUT2D eigenvalue weighted by molar-refractivity contribution is 6.02. The molecule has 0 bridgehead atoms. The average Bonchev–Trinajstić information content (AvgIpc) is 2.46. The van der Waals surface area contributed by atoms with E-state index in [-0.39, 0.29) is 17.8 Å². The van der Waals surface area contributed by atoms with Crippen LogP contribution in [0, 0.1) is 5.92 Å². The van der Waals surface area contributed by atoms with Crippen LogP contribution in [0.2, 0.25) is 0 Å². The van der Waals surface area contributed by atoms with Gasteiger partial charge in [0.25, 0.3) is 0 Å². The second kappa shape index (κ2) is 3.95. The Labute approximate surface area is 112 Å². The lowest BCUT2D eigenvalue weighted by atomic mass is 9.76. The maximum absolute atomic E-state index is 12.6. The van der Waals surface area contributed by atoms with E-state index in [1.807, 2.05) is 30.3 Å². The molecule has 1 aliphatic heterocycles. The van der Waals surface area contributed by atoms with Gasteiger partial charge in [-0.2, -0.15) is 0 Å². The van der Waals surface area contributed by atoms with Gasteiger partial charge in [-0.3, -0.25) is 4.79 Å². The molecule has 0 spiro atoms. The predicted octanol–water partition coefficient (Wildman–Crippen LogP) is 3.05. The SMILES string of the molecule is O=C1c2ccccc2O[C@@H]2Cc3ccccc3C[C@@H]12. The first kappa shape index (κ1) is 10.8. The zero-order chi connectivity index (χ0) is 12.8. The number of para-hydroxylation sites is 1. The monoisotopic (exact) mass is 250 g/mol. The van der Waals surface area contributed by atoms with Gasteiger partial charge in [-0.15, -0.1) is 0 Å².